The second kappa shape index (κ2) is 5.49. The van der Waals surface area contributed by atoms with Crippen LogP contribution >= 0.6 is 0 Å². The average Bonchev–Trinajstić information content (AvgIpc) is 2.44. The van der Waals surface area contributed by atoms with E-state index in [0.29, 0.717) is 6.07 Å². The van der Waals surface area contributed by atoms with E-state index >= 15 is 0 Å². The van der Waals surface area contributed by atoms with Gasteiger partial charge in [-0.25, -0.2) is 18.0 Å². The fraction of sp³-hybridized carbons (Fsp3) is 0.333. The number of amides is 1. The molecule has 0 radical (unpaired) electrons. The Labute approximate surface area is 111 Å². The highest BCUT2D eigenvalue weighted by molar-refractivity contribution is 5.97. The molecule has 0 bridgehead atoms. The van der Waals surface area contributed by atoms with E-state index in [1.54, 1.807) is 0 Å². The number of benzene rings is 1. The number of halogens is 3. The lowest BCUT2D eigenvalue weighted by molar-refractivity contribution is -0.147. The van der Waals surface area contributed by atoms with Crippen LogP contribution in [0.25, 0.3) is 0 Å². The Morgan fingerprint density at radius 2 is 1.95 bits per heavy atom. The summed E-state index contributed by atoms with van der Waals surface area (Å²) in [6.07, 6.45) is 0. The highest BCUT2D eigenvalue weighted by Crippen LogP contribution is 2.19. The molecule has 0 aliphatic carbocycles. The van der Waals surface area contributed by atoms with Gasteiger partial charge in [0.2, 0.25) is 0 Å². The lowest BCUT2D eigenvalue weighted by Crippen LogP contribution is -2.52. The minimum atomic E-state index is -1.77. The number of nitrogens with zero attached hydrogens (tertiary/aromatic N) is 1. The standard InChI is InChI=1S/C12H10F3NO4/c13-7-2-1-6(9(14)10(7)15)11(17)16-3-4-20-5-8(16)12(18)19/h1-2,8H,3-5H2,(H,18,19). The third-order valence-electron chi connectivity index (χ3n) is 2.94. The van der Waals surface area contributed by atoms with Gasteiger partial charge in [0.05, 0.1) is 18.8 Å². The van der Waals surface area contributed by atoms with Crippen LogP contribution in [0.3, 0.4) is 0 Å². The summed E-state index contributed by atoms with van der Waals surface area (Å²) < 4.78 is 44.4. The van der Waals surface area contributed by atoms with Crippen LogP contribution in [-0.2, 0) is 9.53 Å². The lowest BCUT2D eigenvalue weighted by atomic mass is 10.1. The van der Waals surface area contributed by atoms with E-state index < -0.39 is 40.9 Å². The summed E-state index contributed by atoms with van der Waals surface area (Å²) in [5, 5.41) is 8.97. The molecule has 1 fully saturated rings. The highest BCUT2D eigenvalue weighted by Gasteiger charge is 2.34. The van der Waals surface area contributed by atoms with Crippen molar-refractivity contribution in [3.63, 3.8) is 0 Å². The molecule has 0 aromatic heterocycles. The summed E-state index contributed by atoms with van der Waals surface area (Å²) in [5.74, 6) is -7.16. The molecular formula is C12H10F3NO4. The van der Waals surface area contributed by atoms with Crippen LogP contribution in [0.4, 0.5) is 13.2 Å². The Hall–Kier alpha value is -2.09. The zero-order chi connectivity index (χ0) is 14.9. The first-order valence-corrected chi connectivity index (χ1v) is 5.68. The largest absolute Gasteiger partial charge is 0.480 e. The molecule has 1 unspecified atom stereocenters. The Bertz CT molecular complexity index is 564. The monoisotopic (exact) mass is 289 g/mol. The first-order chi connectivity index (χ1) is 9.43. The van der Waals surface area contributed by atoms with Gasteiger partial charge in [-0.15, -0.1) is 0 Å². The molecule has 1 heterocycles. The molecule has 1 aliphatic rings. The number of morpholine rings is 1. The van der Waals surface area contributed by atoms with Gasteiger partial charge in [0.1, 0.15) is 0 Å². The number of carboxylic acid groups (broad SMARTS) is 1. The molecule has 1 aromatic carbocycles. The van der Waals surface area contributed by atoms with Crippen LogP contribution in [0.1, 0.15) is 10.4 Å². The van der Waals surface area contributed by atoms with Crippen LogP contribution in [0.5, 0.6) is 0 Å². The van der Waals surface area contributed by atoms with Gasteiger partial charge in [0.15, 0.2) is 23.5 Å². The Morgan fingerprint density at radius 1 is 1.25 bits per heavy atom. The normalized spacial score (nSPS) is 18.9. The Balaban J connectivity index is 2.35. The molecule has 1 aromatic rings. The van der Waals surface area contributed by atoms with E-state index in [1.807, 2.05) is 0 Å². The number of ether oxygens (including phenoxy) is 1. The van der Waals surface area contributed by atoms with Gasteiger partial charge < -0.3 is 14.7 Å². The summed E-state index contributed by atoms with van der Waals surface area (Å²) in [5.41, 5.74) is -0.711. The summed E-state index contributed by atoms with van der Waals surface area (Å²) in [7, 11) is 0. The van der Waals surface area contributed by atoms with Crippen molar-refractivity contribution < 1.29 is 32.6 Å². The fourth-order valence-corrected chi connectivity index (χ4v) is 1.90. The zero-order valence-corrected chi connectivity index (χ0v) is 10.1. The van der Waals surface area contributed by atoms with E-state index in [1.165, 1.54) is 0 Å². The summed E-state index contributed by atoms with van der Waals surface area (Å²) in [6.45, 7) is -0.235. The van der Waals surface area contributed by atoms with Crippen LogP contribution in [0.2, 0.25) is 0 Å². The van der Waals surface area contributed by atoms with Gasteiger partial charge >= 0.3 is 5.97 Å². The van der Waals surface area contributed by atoms with Gasteiger partial charge in [-0.05, 0) is 12.1 Å². The number of aliphatic carboxylic acids is 1. The van der Waals surface area contributed by atoms with Gasteiger partial charge in [-0.2, -0.15) is 0 Å². The van der Waals surface area contributed by atoms with Crippen molar-refractivity contribution in [1.82, 2.24) is 4.90 Å². The SMILES string of the molecule is O=C(O)C1COCCN1C(=O)c1ccc(F)c(F)c1F. The first kappa shape index (κ1) is 14.3. The summed E-state index contributed by atoms with van der Waals surface area (Å²) >= 11 is 0. The predicted octanol–water partition coefficient (Wildman–Crippen LogP) is 1.03. The Kier molecular flexibility index (Phi) is 3.93. The average molecular weight is 289 g/mol. The molecular weight excluding hydrogens is 279 g/mol. The third kappa shape index (κ3) is 2.46. The van der Waals surface area contributed by atoms with Crippen LogP contribution < -0.4 is 0 Å². The maximum atomic E-state index is 13.6. The fourth-order valence-electron chi connectivity index (χ4n) is 1.90. The maximum absolute atomic E-state index is 13.6. The van der Waals surface area contributed by atoms with E-state index in [4.69, 9.17) is 9.84 Å². The van der Waals surface area contributed by atoms with Crippen LogP contribution in [0.15, 0.2) is 12.1 Å². The molecule has 1 amide bonds. The maximum Gasteiger partial charge on any atom is 0.328 e. The number of carboxylic acids is 1. The molecule has 2 rings (SSSR count). The van der Waals surface area contributed by atoms with Crippen molar-refractivity contribution in [3.05, 3.63) is 35.1 Å². The van der Waals surface area contributed by atoms with Gasteiger partial charge in [0, 0.05) is 6.54 Å². The van der Waals surface area contributed by atoms with Crippen molar-refractivity contribution in [1.29, 1.82) is 0 Å². The number of carbonyl (C=O) groups is 2. The van der Waals surface area contributed by atoms with Crippen molar-refractivity contribution in [2.24, 2.45) is 0 Å². The highest BCUT2D eigenvalue weighted by atomic mass is 19.2. The number of hydrogen-bond donors (Lipinski definition) is 1. The van der Waals surface area contributed by atoms with E-state index in [-0.39, 0.29) is 19.8 Å². The quantitative estimate of drug-likeness (QED) is 0.826. The van der Waals surface area contributed by atoms with Crippen molar-refractivity contribution in [2.75, 3.05) is 19.8 Å². The molecule has 8 heteroatoms. The molecule has 1 saturated heterocycles. The Morgan fingerprint density at radius 3 is 2.60 bits per heavy atom. The molecule has 108 valence electrons. The molecule has 1 N–H and O–H groups in total. The molecule has 5 nitrogen and oxygen atoms in total. The summed E-state index contributed by atoms with van der Waals surface area (Å²) in [4.78, 5) is 23.9. The molecule has 0 saturated carbocycles. The first-order valence-electron chi connectivity index (χ1n) is 5.68. The van der Waals surface area contributed by atoms with Crippen molar-refractivity contribution >= 4 is 11.9 Å². The summed E-state index contributed by atoms with van der Waals surface area (Å²) in [6, 6.07) is 0.107. The zero-order valence-electron chi connectivity index (χ0n) is 10.1. The second-order valence-electron chi connectivity index (χ2n) is 4.15. The number of carbonyl (C=O) groups excluding carboxylic acids is 1. The molecule has 1 atom stereocenters. The van der Waals surface area contributed by atoms with Gasteiger partial charge in [-0.3, -0.25) is 4.79 Å². The van der Waals surface area contributed by atoms with Crippen LogP contribution in [-0.4, -0.2) is 47.7 Å². The third-order valence-corrected chi connectivity index (χ3v) is 2.94. The van der Waals surface area contributed by atoms with E-state index in [9.17, 15) is 22.8 Å². The minimum Gasteiger partial charge on any atom is -0.480 e. The topological polar surface area (TPSA) is 66.8 Å². The smallest absolute Gasteiger partial charge is 0.328 e. The van der Waals surface area contributed by atoms with E-state index in [2.05, 4.69) is 0 Å². The number of hydrogen-bond acceptors (Lipinski definition) is 3. The minimum absolute atomic E-state index is 0.0752. The van der Waals surface area contributed by atoms with Crippen LogP contribution in [0, 0.1) is 17.5 Å². The lowest BCUT2D eigenvalue weighted by Gasteiger charge is -2.32. The van der Waals surface area contributed by atoms with Gasteiger partial charge in [-0.1, -0.05) is 0 Å². The predicted molar refractivity (Wildman–Crippen MR) is 59.6 cm³/mol. The van der Waals surface area contributed by atoms with Gasteiger partial charge in [0.25, 0.3) is 5.91 Å². The van der Waals surface area contributed by atoms with E-state index in [0.717, 1.165) is 11.0 Å². The molecule has 1 aliphatic heterocycles. The molecule has 0 spiro atoms. The second-order valence-corrected chi connectivity index (χ2v) is 4.15. The molecule has 20 heavy (non-hydrogen) atoms. The van der Waals surface area contributed by atoms with Crippen molar-refractivity contribution in [2.45, 2.75) is 6.04 Å². The number of rotatable bonds is 2. The van der Waals surface area contributed by atoms with Crippen molar-refractivity contribution in [3.8, 4) is 0 Å².